The van der Waals surface area contributed by atoms with Crippen LogP contribution in [-0.4, -0.2) is 68.2 Å². The topological polar surface area (TPSA) is 98.8 Å². The first-order valence-electron chi connectivity index (χ1n) is 8.67. The summed E-state index contributed by atoms with van der Waals surface area (Å²) < 4.78 is 0. The number of benzene rings is 1. The van der Waals surface area contributed by atoms with Gasteiger partial charge in [-0.3, -0.25) is 24.5 Å². The second kappa shape index (κ2) is 7.65. The van der Waals surface area contributed by atoms with Crippen LogP contribution in [0.25, 0.3) is 0 Å². The summed E-state index contributed by atoms with van der Waals surface area (Å²) in [7, 11) is 1.52. The molecule has 1 atom stereocenters. The Morgan fingerprint density at radius 3 is 2.65 bits per heavy atom. The Labute approximate surface area is 151 Å². The van der Waals surface area contributed by atoms with E-state index in [4.69, 9.17) is 0 Å². The third-order valence-corrected chi connectivity index (χ3v) is 4.89. The first-order chi connectivity index (χ1) is 12.5. The van der Waals surface area contributed by atoms with Crippen molar-refractivity contribution in [3.8, 4) is 0 Å². The number of hydrogen-bond donors (Lipinski definition) is 2. The second-order valence-corrected chi connectivity index (χ2v) is 6.48. The minimum absolute atomic E-state index is 0.190. The van der Waals surface area contributed by atoms with Crippen molar-refractivity contribution in [3.63, 3.8) is 0 Å². The first-order valence-corrected chi connectivity index (χ1v) is 8.67. The highest BCUT2D eigenvalue weighted by atomic mass is 16.2. The van der Waals surface area contributed by atoms with Gasteiger partial charge in [-0.25, -0.2) is 0 Å². The van der Waals surface area contributed by atoms with Crippen LogP contribution in [0.15, 0.2) is 18.2 Å². The van der Waals surface area contributed by atoms with E-state index in [0.717, 1.165) is 31.9 Å². The molecule has 2 N–H and O–H groups in total. The molecule has 2 aliphatic rings. The lowest BCUT2D eigenvalue weighted by molar-refractivity contribution is -0.136. The van der Waals surface area contributed by atoms with E-state index in [1.807, 2.05) is 6.07 Å². The largest absolute Gasteiger partial charge is 0.368 e. The van der Waals surface area contributed by atoms with Gasteiger partial charge in [0.25, 0.3) is 5.91 Å². The van der Waals surface area contributed by atoms with E-state index < -0.39 is 17.9 Å². The highest BCUT2D eigenvalue weighted by molar-refractivity contribution is 6.07. The van der Waals surface area contributed by atoms with Gasteiger partial charge in [-0.05, 0) is 18.6 Å². The molecular formula is C18H22N4O4. The quantitative estimate of drug-likeness (QED) is 0.571. The number of carbonyl (C=O) groups excluding carboxylic acids is 4. The van der Waals surface area contributed by atoms with Crippen LogP contribution in [0.5, 0.6) is 0 Å². The van der Waals surface area contributed by atoms with Crippen LogP contribution >= 0.6 is 0 Å². The van der Waals surface area contributed by atoms with Crippen LogP contribution in [0.3, 0.4) is 0 Å². The molecule has 0 spiro atoms. The fourth-order valence-electron chi connectivity index (χ4n) is 3.43. The van der Waals surface area contributed by atoms with Crippen molar-refractivity contribution in [1.82, 2.24) is 15.5 Å². The summed E-state index contributed by atoms with van der Waals surface area (Å²) >= 11 is 0. The molecule has 8 nitrogen and oxygen atoms in total. The number of amides is 3. The predicted octanol–water partition coefficient (Wildman–Crippen LogP) is -0.214. The smallest absolute Gasteiger partial charge is 0.255 e. The maximum atomic E-state index is 13.0. The predicted molar refractivity (Wildman–Crippen MR) is 95.2 cm³/mol. The number of rotatable bonds is 4. The molecule has 8 heteroatoms. The monoisotopic (exact) mass is 358 g/mol. The Morgan fingerprint density at radius 1 is 1.27 bits per heavy atom. The summed E-state index contributed by atoms with van der Waals surface area (Å²) in [4.78, 5) is 51.5. The van der Waals surface area contributed by atoms with Crippen molar-refractivity contribution >= 4 is 29.7 Å². The lowest BCUT2D eigenvalue weighted by Crippen LogP contribution is -2.53. The van der Waals surface area contributed by atoms with Crippen LogP contribution in [0.2, 0.25) is 0 Å². The van der Waals surface area contributed by atoms with E-state index >= 15 is 0 Å². The molecule has 0 saturated carbocycles. The lowest BCUT2D eigenvalue weighted by atomic mass is 10.0. The highest BCUT2D eigenvalue weighted by Crippen LogP contribution is 2.25. The Hall–Kier alpha value is -2.74. The molecule has 2 aliphatic heterocycles. The van der Waals surface area contributed by atoms with Crippen LogP contribution in [0.4, 0.5) is 5.69 Å². The number of carbonyl (C=O) groups is 4. The molecule has 1 unspecified atom stereocenters. The highest BCUT2D eigenvalue weighted by Gasteiger charge is 2.33. The molecule has 1 aromatic carbocycles. The molecule has 2 fully saturated rings. The number of hydrogen-bond acceptors (Lipinski definition) is 6. The van der Waals surface area contributed by atoms with Gasteiger partial charge >= 0.3 is 0 Å². The Kier molecular flexibility index (Phi) is 5.32. The Balaban J connectivity index is 1.88. The number of piperazine rings is 1. The molecule has 0 bridgehead atoms. The second-order valence-electron chi connectivity index (χ2n) is 6.48. The van der Waals surface area contributed by atoms with Gasteiger partial charge in [-0.2, -0.15) is 0 Å². The number of nitrogens with zero attached hydrogens (tertiary/aromatic N) is 2. The molecule has 1 aromatic rings. The first kappa shape index (κ1) is 18.1. The van der Waals surface area contributed by atoms with Gasteiger partial charge in [0.05, 0.1) is 11.1 Å². The van der Waals surface area contributed by atoms with Crippen molar-refractivity contribution in [2.24, 2.45) is 0 Å². The fraction of sp³-hybridized carbons (Fsp3) is 0.444. The number of aldehydes is 1. The summed E-state index contributed by atoms with van der Waals surface area (Å²) in [5, 5.41) is 5.50. The van der Waals surface area contributed by atoms with Crippen LogP contribution < -0.4 is 15.5 Å². The van der Waals surface area contributed by atoms with Crippen molar-refractivity contribution in [2.75, 3.05) is 38.1 Å². The van der Waals surface area contributed by atoms with Crippen LogP contribution in [0.1, 0.15) is 33.6 Å². The summed E-state index contributed by atoms with van der Waals surface area (Å²) in [5.41, 5.74) is 1.32. The van der Waals surface area contributed by atoms with Gasteiger partial charge in [-0.1, -0.05) is 6.07 Å². The summed E-state index contributed by atoms with van der Waals surface area (Å²) in [6.45, 7) is 3.13. The fourth-order valence-corrected chi connectivity index (χ4v) is 3.43. The van der Waals surface area contributed by atoms with E-state index in [1.54, 1.807) is 12.1 Å². The van der Waals surface area contributed by atoms with Gasteiger partial charge in [0.1, 0.15) is 6.04 Å². The number of likely N-dealkylation sites (N-methyl/N-ethyl adjacent to an activating group) is 1. The maximum Gasteiger partial charge on any atom is 0.255 e. The molecule has 0 radical (unpaired) electrons. The summed E-state index contributed by atoms with van der Waals surface area (Å²) in [6, 6.07) is 4.45. The van der Waals surface area contributed by atoms with E-state index in [2.05, 4.69) is 15.5 Å². The molecular weight excluding hydrogens is 336 g/mol. The van der Waals surface area contributed by atoms with Gasteiger partial charge < -0.3 is 15.1 Å². The zero-order chi connectivity index (χ0) is 18.7. The normalized spacial score (nSPS) is 20.5. The minimum atomic E-state index is -0.720. The Morgan fingerprint density at radius 2 is 2.00 bits per heavy atom. The number of imide groups is 1. The third kappa shape index (κ3) is 3.45. The van der Waals surface area contributed by atoms with E-state index in [9.17, 15) is 19.2 Å². The van der Waals surface area contributed by atoms with E-state index in [0.29, 0.717) is 11.8 Å². The average Bonchev–Trinajstić information content (AvgIpc) is 2.67. The maximum absolute atomic E-state index is 13.0. The zero-order valence-corrected chi connectivity index (χ0v) is 14.7. The number of anilines is 1. The van der Waals surface area contributed by atoms with E-state index in [-0.39, 0.29) is 24.3 Å². The third-order valence-electron chi connectivity index (χ3n) is 4.89. The van der Waals surface area contributed by atoms with Gasteiger partial charge in [0.2, 0.25) is 11.8 Å². The van der Waals surface area contributed by atoms with Gasteiger partial charge in [0.15, 0.2) is 6.29 Å². The number of piperidine rings is 1. The van der Waals surface area contributed by atoms with Gasteiger partial charge in [0, 0.05) is 45.3 Å². The van der Waals surface area contributed by atoms with Crippen molar-refractivity contribution in [3.05, 3.63) is 29.3 Å². The molecule has 0 aliphatic carbocycles. The molecule has 2 saturated heterocycles. The molecule has 3 amide bonds. The van der Waals surface area contributed by atoms with Crippen molar-refractivity contribution in [2.45, 2.75) is 18.9 Å². The summed E-state index contributed by atoms with van der Waals surface area (Å²) in [5.74, 6) is -1.22. The van der Waals surface area contributed by atoms with E-state index in [1.165, 1.54) is 11.9 Å². The standard InChI is InChI=1S/C18H22N4O4/c1-21(15-5-6-16(24)20-17(15)25)18(26)12-3-2-4-14(13(12)11-23)22-9-7-19-8-10-22/h2-4,11,15,19H,5-10H2,1H3,(H,20,24,25). The molecule has 3 rings (SSSR count). The average molecular weight is 358 g/mol. The Bertz CT molecular complexity index is 743. The van der Waals surface area contributed by atoms with Crippen molar-refractivity contribution < 1.29 is 19.2 Å². The van der Waals surface area contributed by atoms with Gasteiger partial charge in [-0.15, -0.1) is 0 Å². The van der Waals surface area contributed by atoms with Crippen LogP contribution in [0, 0.1) is 0 Å². The zero-order valence-electron chi connectivity index (χ0n) is 14.7. The minimum Gasteiger partial charge on any atom is -0.368 e. The lowest BCUT2D eigenvalue weighted by Gasteiger charge is -2.32. The molecule has 26 heavy (non-hydrogen) atoms. The van der Waals surface area contributed by atoms with Crippen LogP contribution in [-0.2, 0) is 9.59 Å². The molecule has 2 heterocycles. The molecule has 138 valence electrons. The van der Waals surface area contributed by atoms with Crippen molar-refractivity contribution in [1.29, 1.82) is 0 Å². The number of nitrogens with one attached hydrogen (secondary N) is 2. The molecule has 0 aromatic heterocycles. The SMILES string of the molecule is CN(C(=O)c1cccc(N2CCNCC2)c1C=O)C1CCC(=O)NC1=O. The summed E-state index contributed by atoms with van der Waals surface area (Å²) in [6.07, 6.45) is 1.17.